The Bertz CT molecular complexity index is 1440. The van der Waals surface area contributed by atoms with Crippen LogP contribution in [0.2, 0.25) is 5.02 Å². The summed E-state index contributed by atoms with van der Waals surface area (Å²) >= 11 is 5.84. The summed E-state index contributed by atoms with van der Waals surface area (Å²) in [6.45, 7) is 0.0731. The van der Waals surface area contributed by atoms with Crippen LogP contribution in [-0.2, 0) is 20.8 Å². The number of rotatable bonds is 5. The molecule has 8 nitrogen and oxygen atoms in total. The van der Waals surface area contributed by atoms with Crippen molar-refractivity contribution in [3.05, 3.63) is 71.0 Å². The SMILES string of the molecule is CS(=O)(=O)c1cccc(NC(=O)C2CCCCN2C(=O)c2cnn(-c3ccc(Cl)cc3)c2C(F)(F)F)c1. The zero-order chi connectivity index (χ0) is 27.0. The quantitative estimate of drug-likeness (QED) is 0.497. The molecule has 0 spiro atoms. The molecule has 1 saturated heterocycles. The number of benzene rings is 2. The molecule has 196 valence electrons. The van der Waals surface area contributed by atoms with Crippen LogP contribution < -0.4 is 5.32 Å². The predicted octanol–water partition coefficient (Wildman–Crippen LogP) is 4.58. The van der Waals surface area contributed by atoms with Gasteiger partial charge in [-0.15, -0.1) is 0 Å². The third kappa shape index (κ3) is 5.80. The molecule has 1 atom stereocenters. The van der Waals surface area contributed by atoms with Gasteiger partial charge in [0.25, 0.3) is 5.91 Å². The first kappa shape index (κ1) is 26.7. The maximum atomic E-state index is 14.1. The van der Waals surface area contributed by atoms with E-state index in [2.05, 4.69) is 10.4 Å². The van der Waals surface area contributed by atoms with Gasteiger partial charge in [-0.25, -0.2) is 13.1 Å². The molecule has 0 bridgehead atoms. The number of hydrogen-bond acceptors (Lipinski definition) is 5. The van der Waals surface area contributed by atoms with Crippen LogP contribution in [0.1, 0.15) is 35.3 Å². The molecule has 2 heterocycles. The topological polar surface area (TPSA) is 101 Å². The maximum absolute atomic E-state index is 14.1. The van der Waals surface area contributed by atoms with E-state index in [-0.39, 0.29) is 29.2 Å². The van der Waals surface area contributed by atoms with Crippen molar-refractivity contribution in [1.82, 2.24) is 14.7 Å². The van der Waals surface area contributed by atoms with E-state index < -0.39 is 45.1 Å². The van der Waals surface area contributed by atoms with Gasteiger partial charge in [-0.2, -0.15) is 18.3 Å². The first-order valence-corrected chi connectivity index (χ1v) is 13.5. The Balaban J connectivity index is 1.65. The van der Waals surface area contributed by atoms with Gasteiger partial charge < -0.3 is 10.2 Å². The van der Waals surface area contributed by atoms with Crippen LogP contribution in [0, 0.1) is 0 Å². The minimum atomic E-state index is -4.92. The number of amides is 2. The van der Waals surface area contributed by atoms with Crippen LogP contribution in [0.4, 0.5) is 18.9 Å². The van der Waals surface area contributed by atoms with Gasteiger partial charge in [-0.3, -0.25) is 9.59 Å². The lowest BCUT2D eigenvalue weighted by molar-refractivity contribution is -0.143. The van der Waals surface area contributed by atoms with Crippen molar-refractivity contribution < 1.29 is 31.2 Å². The molecule has 2 amide bonds. The lowest BCUT2D eigenvalue weighted by Crippen LogP contribution is -2.50. The average Bonchev–Trinajstić information content (AvgIpc) is 3.30. The van der Waals surface area contributed by atoms with E-state index >= 15 is 0 Å². The predicted molar refractivity (Wildman–Crippen MR) is 130 cm³/mol. The van der Waals surface area contributed by atoms with E-state index in [4.69, 9.17) is 11.6 Å². The summed E-state index contributed by atoms with van der Waals surface area (Å²) in [5.41, 5.74) is -1.68. The maximum Gasteiger partial charge on any atom is 0.434 e. The largest absolute Gasteiger partial charge is 0.434 e. The molecule has 37 heavy (non-hydrogen) atoms. The molecule has 1 aliphatic rings. The van der Waals surface area contributed by atoms with Crippen LogP contribution in [0.15, 0.2) is 59.6 Å². The number of anilines is 1. The molecule has 1 N–H and O–H groups in total. The average molecular weight is 555 g/mol. The zero-order valence-corrected chi connectivity index (χ0v) is 21.1. The van der Waals surface area contributed by atoms with Crippen LogP contribution in [0.3, 0.4) is 0 Å². The van der Waals surface area contributed by atoms with Gasteiger partial charge >= 0.3 is 6.18 Å². The number of nitrogens with zero attached hydrogens (tertiary/aromatic N) is 3. The standard InChI is InChI=1S/C24H22ClF3N4O4S/c1-37(35,36)18-6-4-5-16(13-18)30-22(33)20-7-2-3-12-31(20)23(34)19-14-29-32(21(19)24(26,27)28)17-10-8-15(25)9-11-17/h4-6,8-11,13-14,20H,2-3,7,12H2,1H3,(H,30,33). The molecule has 3 aromatic rings. The summed E-state index contributed by atoms with van der Waals surface area (Å²) in [4.78, 5) is 27.6. The summed E-state index contributed by atoms with van der Waals surface area (Å²) in [6, 6.07) is 10.0. The number of aromatic nitrogens is 2. The number of piperidine rings is 1. The lowest BCUT2D eigenvalue weighted by atomic mass is 9.99. The van der Waals surface area contributed by atoms with Crippen molar-refractivity contribution in [2.75, 3.05) is 18.1 Å². The van der Waals surface area contributed by atoms with E-state index in [0.29, 0.717) is 22.5 Å². The summed E-state index contributed by atoms with van der Waals surface area (Å²) < 4.78 is 66.7. The number of hydrogen-bond donors (Lipinski definition) is 1. The molecule has 1 aromatic heterocycles. The van der Waals surface area contributed by atoms with Crippen molar-refractivity contribution in [1.29, 1.82) is 0 Å². The lowest BCUT2D eigenvalue weighted by Gasteiger charge is -2.34. The Morgan fingerprint density at radius 1 is 1.11 bits per heavy atom. The monoisotopic (exact) mass is 554 g/mol. The van der Waals surface area contributed by atoms with Crippen molar-refractivity contribution in [2.45, 2.75) is 36.4 Å². The van der Waals surface area contributed by atoms with Gasteiger partial charge in [0, 0.05) is 23.5 Å². The zero-order valence-electron chi connectivity index (χ0n) is 19.5. The Labute approximate surface area is 215 Å². The second kappa shape index (κ2) is 10.2. The smallest absolute Gasteiger partial charge is 0.326 e. The van der Waals surface area contributed by atoms with Crippen LogP contribution in [0.25, 0.3) is 5.69 Å². The van der Waals surface area contributed by atoms with Gasteiger partial charge in [0.2, 0.25) is 5.91 Å². The van der Waals surface area contributed by atoms with Gasteiger partial charge in [0.05, 0.1) is 22.3 Å². The minimum absolute atomic E-state index is 0.00805. The summed E-state index contributed by atoms with van der Waals surface area (Å²) in [5, 5.41) is 6.73. The van der Waals surface area contributed by atoms with Gasteiger partial charge in [-0.1, -0.05) is 17.7 Å². The highest BCUT2D eigenvalue weighted by Gasteiger charge is 2.43. The van der Waals surface area contributed by atoms with Crippen molar-refractivity contribution in [2.24, 2.45) is 0 Å². The second-order valence-corrected chi connectivity index (χ2v) is 11.0. The fraction of sp³-hybridized carbons (Fsp3) is 0.292. The summed E-state index contributed by atoms with van der Waals surface area (Å²) in [7, 11) is -3.53. The third-order valence-corrected chi connectivity index (χ3v) is 7.30. The fourth-order valence-electron chi connectivity index (χ4n) is 4.19. The first-order chi connectivity index (χ1) is 17.4. The molecule has 2 aromatic carbocycles. The van der Waals surface area contributed by atoms with E-state index in [1.54, 1.807) is 0 Å². The highest BCUT2D eigenvalue weighted by atomic mass is 35.5. The first-order valence-electron chi connectivity index (χ1n) is 11.2. The number of carbonyl (C=O) groups is 2. The summed E-state index contributed by atoms with van der Waals surface area (Å²) in [5.74, 6) is -1.60. The molecule has 0 radical (unpaired) electrons. The molecule has 1 aliphatic heterocycles. The third-order valence-electron chi connectivity index (χ3n) is 5.94. The number of carbonyl (C=O) groups excluding carboxylic acids is 2. The number of likely N-dealkylation sites (tertiary alicyclic amines) is 1. The Hall–Kier alpha value is -3.38. The fourth-order valence-corrected chi connectivity index (χ4v) is 4.98. The van der Waals surface area contributed by atoms with E-state index in [9.17, 15) is 31.2 Å². The van der Waals surface area contributed by atoms with Gasteiger partial charge in [-0.05, 0) is 61.7 Å². The molecule has 1 fully saturated rings. The van der Waals surface area contributed by atoms with E-state index in [1.165, 1.54) is 48.5 Å². The van der Waals surface area contributed by atoms with Gasteiger partial charge in [0.15, 0.2) is 15.5 Å². The number of halogens is 4. The Morgan fingerprint density at radius 2 is 1.81 bits per heavy atom. The molecule has 4 rings (SSSR count). The normalized spacial score (nSPS) is 16.5. The highest BCUT2D eigenvalue weighted by Crippen LogP contribution is 2.35. The molecular formula is C24H22ClF3N4O4S. The van der Waals surface area contributed by atoms with Gasteiger partial charge in [0.1, 0.15) is 6.04 Å². The van der Waals surface area contributed by atoms with E-state index in [1.807, 2.05) is 0 Å². The van der Waals surface area contributed by atoms with Crippen LogP contribution in [0.5, 0.6) is 0 Å². The second-order valence-electron chi connectivity index (χ2n) is 8.59. The molecule has 0 aliphatic carbocycles. The Morgan fingerprint density at radius 3 is 2.46 bits per heavy atom. The van der Waals surface area contributed by atoms with Crippen molar-refractivity contribution in [3.63, 3.8) is 0 Å². The summed E-state index contributed by atoms with van der Waals surface area (Å²) in [6.07, 6.45) is -1.72. The highest BCUT2D eigenvalue weighted by molar-refractivity contribution is 7.90. The molecule has 1 unspecified atom stereocenters. The minimum Gasteiger partial charge on any atom is -0.326 e. The van der Waals surface area contributed by atoms with Crippen molar-refractivity contribution >= 4 is 38.9 Å². The number of sulfone groups is 1. The van der Waals surface area contributed by atoms with Crippen molar-refractivity contribution in [3.8, 4) is 5.69 Å². The molecule has 13 heteroatoms. The number of nitrogens with one attached hydrogen (secondary N) is 1. The molecule has 0 saturated carbocycles. The number of alkyl halides is 3. The molecular weight excluding hydrogens is 533 g/mol. The Kier molecular flexibility index (Phi) is 7.33. The van der Waals surface area contributed by atoms with E-state index in [0.717, 1.165) is 17.4 Å². The van der Waals surface area contributed by atoms with Crippen LogP contribution in [-0.4, -0.2) is 53.8 Å². The van der Waals surface area contributed by atoms with Crippen LogP contribution >= 0.6 is 11.6 Å².